The number of hydrogen-bond acceptors (Lipinski definition) is 3. The molecule has 1 aromatic carbocycles. The Kier molecular flexibility index (Phi) is 3.41. The highest BCUT2D eigenvalue weighted by atomic mass is 19.3. The summed E-state index contributed by atoms with van der Waals surface area (Å²) in [7, 11) is 0. The quantitative estimate of drug-likeness (QED) is 0.892. The second-order valence-corrected chi connectivity index (χ2v) is 5.32. The SMILES string of the molecule is N[C@H]1c2ccccc2OC[C@@H]1N1CCC(C(F)F)C1. The minimum Gasteiger partial charge on any atom is -0.492 e. The molecule has 1 saturated heterocycles. The third-order valence-corrected chi connectivity index (χ3v) is 4.18. The van der Waals surface area contributed by atoms with Crippen molar-refractivity contribution >= 4 is 0 Å². The average molecular weight is 268 g/mol. The largest absolute Gasteiger partial charge is 0.492 e. The Hall–Kier alpha value is -1.20. The van der Waals surface area contributed by atoms with Crippen molar-refractivity contribution in [2.75, 3.05) is 19.7 Å². The number of fused-ring (bicyclic) bond motifs is 1. The predicted molar refractivity (Wildman–Crippen MR) is 68.3 cm³/mol. The molecule has 0 saturated carbocycles. The van der Waals surface area contributed by atoms with E-state index in [2.05, 4.69) is 4.90 Å². The summed E-state index contributed by atoms with van der Waals surface area (Å²) in [4.78, 5) is 2.05. The second-order valence-electron chi connectivity index (χ2n) is 5.32. The minimum atomic E-state index is -2.24. The number of likely N-dealkylation sites (tertiary alicyclic amines) is 1. The minimum absolute atomic E-state index is 0.00125. The molecule has 3 atom stereocenters. The smallest absolute Gasteiger partial charge is 0.242 e. The lowest BCUT2D eigenvalue weighted by molar-refractivity contribution is 0.0661. The van der Waals surface area contributed by atoms with Crippen molar-refractivity contribution in [3.05, 3.63) is 29.8 Å². The maximum absolute atomic E-state index is 12.7. The van der Waals surface area contributed by atoms with Gasteiger partial charge in [-0.1, -0.05) is 18.2 Å². The van der Waals surface area contributed by atoms with Gasteiger partial charge in [0.2, 0.25) is 6.43 Å². The third kappa shape index (κ3) is 2.32. The zero-order valence-electron chi connectivity index (χ0n) is 10.6. The molecule has 19 heavy (non-hydrogen) atoms. The molecule has 0 amide bonds. The molecule has 1 fully saturated rings. The molecule has 0 aromatic heterocycles. The lowest BCUT2D eigenvalue weighted by Crippen LogP contribution is -2.48. The van der Waals surface area contributed by atoms with E-state index >= 15 is 0 Å². The van der Waals surface area contributed by atoms with Crippen LogP contribution in [0.15, 0.2) is 24.3 Å². The molecular weight excluding hydrogens is 250 g/mol. The van der Waals surface area contributed by atoms with E-state index in [9.17, 15) is 8.78 Å². The number of benzene rings is 1. The van der Waals surface area contributed by atoms with Gasteiger partial charge in [-0.25, -0.2) is 8.78 Å². The number of nitrogens with zero attached hydrogens (tertiary/aromatic N) is 1. The molecule has 0 radical (unpaired) electrons. The van der Waals surface area contributed by atoms with E-state index in [0.29, 0.717) is 26.1 Å². The summed E-state index contributed by atoms with van der Waals surface area (Å²) in [6, 6.07) is 7.52. The van der Waals surface area contributed by atoms with Gasteiger partial charge in [-0.15, -0.1) is 0 Å². The monoisotopic (exact) mass is 268 g/mol. The molecule has 2 heterocycles. The fourth-order valence-electron chi connectivity index (χ4n) is 3.03. The van der Waals surface area contributed by atoms with E-state index < -0.39 is 12.3 Å². The number of alkyl halides is 2. The Labute approximate surface area is 111 Å². The van der Waals surface area contributed by atoms with E-state index in [0.717, 1.165) is 11.3 Å². The van der Waals surface area contributed by atoms with Crippen LogP contribution in [0.5, 0.6) is 5.75 Å². The van der Waals surface area contributed by atoms with Crippen LogP contribution in [-0.2, 0) is 0 Å². The molecule has 1 unspecified atom stereocenters. The van der Waals surface area contributed by atoms with Crippen LogP contribution in [0.4, 0.5) is 8.78 Å². The summed E-state index contributed by atoms with van der Waals surface area (Å²) in [5.74, 6) is 0.292. The van der Waals surface area contributed by atoms with Crippen molar-refractivity contribution < 1.29 is 13.5 Å². The summed E-state index contributed by atoms with van der Waals surface area (Å²) < 4.78 is 31.2. The normalized spacial score (nSPS) is 31.3. The molecule has 3 nitrogen and oxygen atoms in total. The van der Waals surface area contributed by atoms with Crippen molar-refractivity contribution in [3.63, 3.8) is 0 Å². The summed E-state index contributed by atoms with van der Waals surface area (Å²) in [5.41, 5.74) is 7.25. The highest BCUT2D eigenvalue weighted by molar-refractivity contribution is 5.38. The summed E-state index contributed by atoms with van der Waals surface area (Å²) in [6.45, 7) is 1.58. The maximum Gasteiger partial charge on any atom is 0.242 e. The zero-order valence-corrected chi connectivity index (χ0v) is 10.6. The average Bonchev–Trinajstić information content (AvgIpc) is 2.89. The van der Waals surface area contributed by atoms with E-state index in [1.54, 1.807) is 0 Å². The first kappa shape index (κ1) is 12.8. The van der Waals surface area contributed by atoms with Crippen LogP contribution >= 0.6 is 0 Å². The second kappa shape index (κ2) is 5.06. The third-order valence-electron chi connectivity index (χ3n) is 4.18. The topological polar surface area (TPSA) is 38.5 Å². The number of ether oxygens (including phenoxy) is 1. The molecule has 2 aliphatic rings. The van der Waals surface area contributed by atoms with Gasteiger partial charge >= 0.3 is 0 Å². The van der Waals surface area contributed by atoms with Crippen LogP contribution in [0, 0.1) is 5.92 Å². The molecule has 3 rings (SSSR count). The van der Waals surface area contributed by atoms with Crippen LogP contribution in [0.1, 0.15) is 18.0 Å². The van der Waals surface area contributed by atoms with Crippen LogP contribution in [0.3, 0.4) is 0 Å². The Bertz CT molecular complexity index is 455. The molecule has 2 N–H and O–H groups in total. The van der Waals surface area contributed by atoms with Gasteiger partial charge in [-0.2, -0.15) is 0 Å². The van der Waals surface area contributed by atoms with Gasteiger partial charge in [-0.3, -0.25) is 4.90 Å². The summed E-state index contributed by atoms with van der Waals surface area (Å²) >= 11 is 0. The van der Waals surface area contributed by atoms with Gasteiger partial charge < -0.3 is 10.5 Å². The molecule has 104 valence electrons. The fraction of sp³-hybridized carbons (Fsp3) is 0.571. The first-order valence-electron chi connectivity index (χ1n) is 6.66. The molecular formula is C14H18F2N2O. The predicted octanol–water partition coefficient (Wildman–Crippen LogP) is 2.03. The number of para-hydroxylation sites is 1. The molecule has 5 heteroatoms. The number of halogens is 2. The van der Waals surface area contributed by atoms with Crippen LogP contribution in [-0.4, -0.2) is 37.1 Å². The highest BCUT2D eigenvalue weighted by Gasteiger charge is 2.38. The van der Waals surface area contributed by atoms with Gasteiger partial charge in [0.15, 0.2) is 0 Å². The molecule has 1 aromatic rings. The van der Waals surface area contributed by atoms with Crippen molar-refractivity contribution in [1.82, 2.24) is 4.90 Å². The number of rotatable bonds is 2. The Morgan fingerprint density at radius 1 is 1.32 bits per heavy atom. The van der Waals surface area contributed by atoms with Crippen molar-refractivity contribution in [2.24, 2.45) is 11.7 Å². The van der Waals surface area contributed by atoms with Gasteiger partial charge in [0.25, 0.3) is 0 Å². The Morgan fingerprint density at radius 3 is 2.84 bits per heavy atom. The summed E-state index contributed by atoms with van der Waals surface area (Å²) in [5, 5.41) is 0. The van der Waals surface area contributed by atoms with Gasteiger partial charge in [0.05, 0.1) is 12.1 Å². The standard InChI is InChI=1S/C14H18F2N2O/c15-14(16)9-5-6-18(7-9)11-8-19-12-4-2-1-3-10(12)13(11)17/h1-4,9,11,13-14H,5-8,17H2/t9?,11-,13-/m0/s1. The van der Waals surface area contributed by atoms with E-state index in [-0.39, 0.29) is 12.1 Å². The summed E-state index contributed by atoms with van der Waals surface area (Å²) in [6.07, 6.45) is -1.69. The molecule has 0 aliphatic carbocycles. The first-order valence-corrected chi connectivity index (χ1v) is 6.66. The van der Waals surface area contributed by atoms with Crippen molar-refractivity contribution in [1.29, 1.82) is 0 Å². The maximum atomic E-state index is 12.7. The number of nitrogens with two attached hydrogens (primary N) is 1. The fourth-order valence-corrected chi connectivity index (χ4v) is 3.03. The van der Waals surface area contributed by atoms with E-state index in [4.69, 9.17) is 10.5 Å². The van der Waals surface area contributed by atoms with Crippen LogP contribution in [0.2, 0.25) is 0 Å². The zero-order chi connectivity index (χ0) is 13.4. The van der Waals surface area contributed by atoms with Crippen LogP contribution in [0.25, 0.3) is 0 Å². The lowest BCUT2D eigenvalue weighted by atomic mass is 9.96. The van der Waals surface area contributed by atoms with E-state index in [1.165, 1.54) is 0 Å². The van der Waals surface area contributed by atoms with Crippen molar-refractivity contribution in [3.8, 4) is 5.75 Å². The van der Waals surface area contributed by atoms with Crippen LogP contribution < -0.4 is 10.5 Å². The van der Waals surface area contributed by atoms with Gasteiger partial charge in [-0.05, 0) is 19.0 Å². The van der Waals surface area contributed by atoms with Gasteiger partial charge in [0.1, 0.15) is 12.4 Å². The Balaban J connectivity index is 1.74. The number of hydrogen-bond donors (Lipinski definition) is 1. The molecule has 0 spiro atoms. The highest BCUT2D eigenvalue weighted by Crippen LogP contribution is 2.35. The van der Waals surface area contributed by atoms with Crippen molar-refractivity contribution in [2.45, 2.75) is 24.9 Å². The Morgan fingerprint density at radius 2 is 2.11 bits per heavy atom. The molecule has 0 bridgehead atoms. The van der Waals surface area contributed by atoms with Gasteiger partial charge in [0, 0.05) is 18.0 Å². The molecule has 2 aliphatic heterocycles. The first-order chi connectivity index (χ1) is 9.16. The van der Waals surface area contributed by atoms with E-state index in [1.807, 2.05) is 24.3 Å². The lowest BCUT2D eigenvalue weighted by Gasteiger charge is -2.37.